The van der Waals surface area contributed by atoms with E-state index in [4.69, 9.17) is 16.6 Å². The largest absolute Gasteiger partial charge is 0.343 e. The molecule has 7 heteroatoms. The number of carbonyl (C=O) groups excluding carboxylic acids is 2. The lowest BCUT2D eigenvalue weighted by atomic mass is 9.76. The molecule has 1 amide bonds. The van der Waals surface area contributed by atoms with E-state index in [-0.39, 0.29) is 17.6 Å². The number of carbonyl (C=O) groups is 2. The minimum absolute atomic E-state index is 0.191. The molecule has 1 fully saturated rings. The number of hydrogen-bond acceptors (Lipinski definition) is 3. The fraction of sp³-hybridized carbons (Fsp3) is 0.519. The van der Waals surface area contributed by atoms with Gasteiger partial charge in [-0.25, -0.2) is 0 Å². The molecule has 2 aliphatic rings. The molecule has 1 aliphatic carbocycles. The molecule has 0 radical (unpaired) electrons. The minimum atomic E-state index is 0.191. The summed E-state index contributed by atoms with van der Waals surface area (Å²) in [5.74, 6) is 1.08. The summed E-state index contributed by atoms with van der Waals surface area (Å²) in [5.41, 5.74) is 5.07. The molecule has 0 spiro atoms. The first-order chi connectivity index (χ1) is 16.3. The molecule has 182 valence electrons. The molecule has 0 saturated carbocycles. The van der Waals surface area contributed by atoms with Crippen LogP contribution in [0, 0.1) is 5.92 Å². The maximum Gasteiger partial charge on any atom is 0.222 e. The first-order valence-corrected chi connectivity index (χ1v) is 14.2. The van der Waals surface area contributed by atoms with E-state index in [1.54, 1.807) is 6.92 Å². The second-order valence-electron chi connectivity index (χ2n) is 9.62. The van der Waals surface area contributed by atoms with E-state index in [1.807, 2.05) is 17.2 Å². The summed E-state index contributed by atoms with van der Waals surface area (Å²) in [5, 5.41) is 0.758. The molecule has 2 heterocycles. The minimum Gasteiger partial charge on any atom is -0.343 e. The molecule has 1 saturated heterocycles. The fourth-order valence-electron chi connectivity index (χ4n) is 5.50. The van der Waals surface area contributed by atoms with Crippen LogP contribution in [0.2, 0.25) is 5.02 Å². The van der Waals surface area contributed by atoms with Gasteiger partial charge in [-0.3, -0.25) is 9.78 Å². The summed E-state index contributed by atoms with van der Waals surface area (Å²) >= 11 is 13.8. The van der Waals surface area contributed by atoms with Crippen LogP contribution < -0.4 is 0 Å². The standard InChI is InChI=1S/C27H31Br2ClN2O2/c1-17(33)5-3-2-4-6-24(34)32-11-9-18(10-12-32)26-25-19(14-22(30)15-23(25)29)7-8-20-13-21(28)16-31-27(20)26/h13-16,18,26H,2-12H2,1H3/t26-/m1/s1. The third-order valence-electron chi connectivity index (χ3n) is 7.20. The number of benzene rings is 1. The summed E-state index contributed by atoms with van der Waals surface area (Å²) < 4.78 is 2.07. The van der Waals surface area contributed by atoms with Crippen LogP contribution in [0.3, 0.4) is 0 Å². The van der Waals surface area contributed by atoms with Gasteiger partial charge < -0.3 is 9.69 Å². The van der Waals surface area contributed by atoms with Gasteiger partial charge in [-0.15, -0.1) is 0 Å². The lowest BCUT2D eigenvalue weighted by Crippen LogP contribution is -2.40. The van der Waals surface area contributed by atoms with Gasteiger partial charge in [-0.2, -0.15) is 0 Å². The van der Waals surface area contributed by atoms with Crippen LogP contribution in [-0.2, 0) is 22.4 Å². The molecule has 0 bridgehead atoms. The van der Waals surface area contributed by atoms with E-state index in [9.17, 15) is 9.59 Å². The van der Waals surface area contributed by atoms with Gasteiger partial charge in [0.25, 0.3) is 0 Å². The maximum atomic E-state index is 12.8. The van der Waals surface area contributed by atoms with E-state index in [2.05, 4.69) is 44.0 Å². The summed E-state index contributed by atoms with van der Waals surface area (Å²) in [4.78, 5) is 30.8. The van der Waals surface area contributed by atoms with E-state index in [0.29, 0.717) is 18.8 Å². The van der Waals surface area contributed by atoms with Crippen molar-refractivity contribution >= 4 is 55.2 Å². The zero-order valence-electron chi connectivity index (χ0n) is 19.6. The first kappa shape index (κ1) is 25.8. The Balaban J connectivity index is 1.48. The number of aryl methyl sites for hydroxylation is 2. The van der Waals surface area contributed by atoms with Crippen LogP contribution in [0.1, 0.15) is 80.2 Å². The smallest absolute Gasteiger partial charge is 0.222 e. The fourth-order valence-corrected chi connectivity index (χ4v) is 7.00. The van der Waals surface area contributed by atoms with Crippen molar-refractivity contribution in [3.63, 3.8) is 0 Å². The Kier molecular flexibility index (Phi) is 8.86. The molecule has 4 rings (SSSR count). The highest BCUT2D eigenvalue weighted by molar-refractivity contribution is 9.10. The molecular formula is C27H31Br2ClN2O2. The predicted octanol–water partition coefficient (Wildman–Crippen LogP) is 7.27. The van der Waals surface area contributed by atoms with Crippen molar-refractivity contribution in [2.45, 2.75) is 70.6 Å². The molecule has 1 aromatic heterocycles. The zero-order valence-corrected chi connectivity index (χ0v) is 23.5. The number of likely N-dealkylation sites (tertiary alicyclic amines) is 1. The molecule has 1 aromatic carbocycles. The van der Waals surface area contributed by atoms with Crippen molar-refractivity contribution in [2.75, 3.05) is 13.1 Å². The average Bonchev–Trinajstić information content (AvgIpc) is 2.95. The van der Waals surface area contributed by atoms with Gasteiger partial charge in [0, 0.05) is 52.0 Å². The van der Waals surface area contributed by atoms with E-state index < -0.39 is 0 Å². The predicted molar refractivity (Wildman–Crippen MR) is 143 cm³/mol. The second kappa shape index (κ2) is 11.7. The number of Topliss-reactive ketones (excluding diaryl/α,β-unsaturated/α-hetero) is 1. The van der Waals surface area contributed by atoms with Gasteiger partial charge in [0.05, 0.1) is 5.69 Å². The van der Waals surface area contributed by atoms with Gasteiger partial charge in [-0.05, 0) is 102 Å². The number of aromatic nitrogens is 1. The molecule has 0 N–H and O–H groups in total. The van der Waals surface area contributed by atoms with Gasteiger partial charge in [0.2, 0.25) is 5.91 Å². The quantitative estimate of drug-likeness (QED) is 0.310. The highest BCUT2D eigenvalue weighted by Gasteiger charge is 2.36. The van der Waals surface area contributed by atoms with Crippen molar-refractivity contribution < 1.29 is 9.59 Å². The van der Waals surface area contributed by atoms with Gasteiger partial charge >= 0.3 is 0 Å². The van der Waals surface area contributed by atoms with E-state index >= 15 is 0 Å². The molecule has 0 unspecified atom stereocenters. The normalized spacial score (nSPS) is 18.2. The Morgan fingerprint density at radius 2 is 1.74 bits per heavy atom. The highest BCUT2D eigenvalue weighted by Crippen LogP contribution is 2.46. The molecule has 4 nitrogen and oxygen atoms in total. The van der Waals surface area contributed by atoms with Crippen molar-refractivity contribution in [1.29, 1.82) is 0 Å². The van der Waals surface area contributed by atoms with Gasteiger partial charge in [-0.1, -0.05) is 34.0 Å². The van der Waals surface area contributed by atoms with Gasteiger partial charge in [0.15, 0.2) is 0 Å². The van der Waals surface area contributed by atoms with Gasteiger partial charge in [0.1, 0.15) is 5.78 Å². The highest BCUT2D eigenvalue weighted by atomic mass is 79.9. The van der Waals surface area contributed by atoms with Crippen molar-refractivity contribution in [1.82, 2.24) is 9.88 Å². The molecule has 34 heavy (non-hydrogen) atoms. The van der Waals surface area contributed by atoms with Crippen LogP contribution in [0.4, 0.5) is 0 Å². The number of hydrogen-bond donors (Lipinski definition) is 0. The van der Waals surface area contributed by atoms with E-state index in [0.717, 1.165) is 72.0 Å². The molecular weight excluding hydrogens is 580 g/mol. The van der Waals surface area contributed by atoms with Crippen molar-refractivity contribution in [3.05, 3.63) is 60.7 Å². The van der Waals surface area contributed by atoms with Crippen molar-refractivity contribution in [3.8, 4) is 0 Å². The second-order valence-corrected chi connectivity index (χ2v) is 11.8. The Hall–Kier alpha value is -1.24. The Labute approximate surface area is 224 Å². The summed E-state index contributed by atoms with van der Waals surface area (Å²) in [6, 6.07) is 6.32. The van der Waals surface area contributed by atoms with Crippen LogP contribution in [0.25, 0.3) is 0 Å². The lowest BCUT2D eigenvalue weighted by Gasteiger charge is -2.37. The van der Waals surface area contributed by atoms with Crippen LogP contribution in [0.5, 0.6) is 0 Å². The van der Waals surface area contributed by atoms with Crippen molar-refractivity contribution in [2.24, 2.45) is 5.92 Å². The Morgan fingerprint density at radius 1 is 1.03 bits per heavy atom. The first-order valence-electron chi connectivity index (χ1n) is 12.2. The van der Waals surface area contributed by atoms with Crippen LogP contribution >= 0.6 is 43.5 Å². The number of amides is 1. The Morgan fingerprint density at radius 3 is 2.47 bits per heavy atom. The Bertz CT molecular complexity index is 1070. The third kappa shape index (κ3) is 6.11. The number of pyridine rings is 1. The number of fused-ring (bicyclic) bond motifs is 2. The summed E-state index contributed by atoms with van der Waals surface area (Å²) in [7, 11) is 0. The summed E-state index contributed by atoms with van der Waals surface area (Å²) in [6.07, 6.45) is 9.61. The zero-order chi connectivity index (χ0) is 24.2. The number of nitrogens with zero attached hydrogens (tertiary/aromatic N) is 2. The number of piperidine rings is 1. The number of ketones is 1. The maximum absolute atomic E-state index is 12.8. The number of unbranched alkanes of at least 4 members (excludes halogenated alkanes) is 2. The monoisotopic (exact) mass is 608 g/mol. The third-order valence-corrected chi connectivity index (χ3v) is 8.51. The molecule has 1 atom stereocenters. The van der Waals surface area contributed by atoms with Crippen LogP contribution in [-0.4, -0.2) is 34.7 Å². The molecule has 2 aromatic rings. The van der Waals surface area contributed by atoms with E-state index in [1.165, 1.54) is 22.4 Å². The SMILES string of the molecule is CC(=O)CCCCCC(=O)N1CCC([C@H]2c3ncc(Br)cc3CCc3cc(Cl)cc(Br)c32)CC1. The number of halogens is 3. The number of rotatable bonds is 7. The lowest BCUT2D eigenvalue weighted by molar-refractivity contribution is -0.132. The topological polar surface area (TPSA) is 50.3 Å². The van der Waals surface area contributed by atoms with Crippen LogP contribution in [0.15, 0.2) is 33.3 Å². The molecule has 1 aliphatic heterocycles. The summed E-state index contributed by atoms with van der Waals surface area (Å²) in [6.45, 7) is 3.21. The average molecular weight is 611 g/mol.